The minimum atomic E-state index is 1.02. The van der Waals surface area contributed by atoms with E-state index in [0.717, 1.165) is 38.0 Å². The highest BCUT2D eigenvalue weighted by atomic mass is 15.3. The summed E-state index contributed by atoms with van der Waals surface area (Å²) in [6.07, 6.45) is 9.82. The summed E-state index contributed by atoms with van der Waals surface area (Å²) < 4.78 is 2.38. The van der Waals surface area contributed by atoms with Crippen LogP contribution in [0.4, 0.5) is 0 Å². The van der Waals surface area contributed by atoms with Crippen LogP contribution in [0.1, 0.15) is 25.5 Å². The molecule has 0 unspecified atom stereocenters. The number of piperazine rings is 1. The van der Waals surface area contributed by atoms with Crippen LogP contribution >= 0.6 is 0 Å². The number of aromatic nitrogens is 2. The van der Waals surface area contributed by atoms with Gasteiger partial charge < -0.3 is 9.47 Å². The Balaban J connectivity index is 1.71. The fourth-order valence-corrected chi connectivity index (χ4v) is 3.52. The van der Waals surface area contributed by atoms with Gasteiger partial charge in [0.15, 0.2) is 0 Å². The van der Waals surface area contributed by atoms with Crippen LogP contribution in [0.3, 0.4) is 0 Å². The maximum Gasteiger partial charge on any atom is 0.0956 e. The first-order valence-corrected chi connectivity index (χ1v) is 9.93. The Hall–Kier alpha value is -1.91. The monoisotopic (exact) mass is 352 g/mol. The predicted octanol–water partition coefficient (Wildman–Crippen LogP) is 3.70. The van der Waals surface area contributed by atoms with E-state index >= 15 is 0 Å². The molecule has 140 valence electrons. The van der Waals surface area contributed by atoms with Crippen molar-refractivity contribution >= 4 is 0 Å². The van der Waals surface area contributed by atoms with Gasteiger partial charge in [0, 0.05) is 50.5 Å². The SMILES string of the molecule is CCC=CCCc1c(-c2ccccc2)ncn1CCN1CCN(C)CC1. The van der Waals surface area contributed by atoms with Gasteiger partial charge in [0.05, 0.1) is 12.0 Å². The summed E-state index contributed by atoms with van der Waals surface area (Å²) in [7, 11) is 2.21. The zero-order valence-corrected chi connectivity index (χ0v) is 16.3. The van der Waals surface area contributed by atoms with Crippen molar-refractivity contribution in [2.75, 3.05) is 39.8 Å². The molecule has 0 radical (unpaired) electrons. The summed E-state index contributed by atoms with van der Waals surface area (Å²) in [5.41, 5.74) is 3.74. The molecular weight excluding hydrogens is 320 g/mol. The highest BCUT2D eigenvalue weighted by Gasteiger charge is 2.16. The molecule has 0 aliphatic carbocycles. The van der Waals surface area contributed by atoms with Crippen LogP contribution < -0.4 is 0 Å². The van der Waals surface area contributed by atoms with Crippen LogP contribution in [0, 0.1) is 0 Å². The standard InChI is InChI=1S/C22H32N4/c1-3-4-5-9-12-21-22(20-10-7-6-8-11-20)23-19-26(21)18-17-25-15-13-24(2)14-16-25/h4-8,10-11,19H,3,9,12-18H2,1-2H3. The first kappa shape index (κ1) is 18.9. The molecule has 1 saturated heterocycles. The normalized spacial score (nSPS) is 16.5. The van der Waals surface area contributed by atoms with Crippen molar-refractivity contribution in [1.82, 2.24) is 19.4 Å². The summed E-state index contributed by atoms with van der Waals surface area (Å²) in [6, 6.07) is 10.6. The van der Waals surface area contributed by atoms with Crippen LogP contribution in [-0.4, -0.2) is 59.1 Å². The van der Waals surface area contributed by atoms with Gasteiger partial charge in [-0.3, -0.25) is 4.90 Å². The molecule has 1 fully saturated rings. The van der Waals surface area contributed by atoms with E-state index in [-0.39, 0.29) is 0 Å². The van der Waals surface area contributed by atoms with Crippen LogP contribution in [0.5, 0.6) is 0 Å². The molecule has 4 nitrogen and oxygen atoms in total. The third-order valence-corrected chi connectivity index (χ3v) is 5.20. The second-order valence-electron chi connectivity index (χ2n) is 7.16. The highest BCUT2D eigenvalue weighted by Crippen LogP contribution is 2.23. The molecule has 4 heteroatoms. The van der Waals surface area contributed by atoms with Gasteiger partial charge in [-0.1, -0.05) is 49.4 Å². The summed E-state index contributed by atoms with van der Waals surface area (Å²) in [5.74, 6) is 0. The van der Waals surface area contributed by atoms with Gasteiger partial charge >= 0.3 is 0 Å². The lowest BCUT2D eigenvalue weighted by Crippen LogP contribution is -2.45. The number of likely N-dealkylation sites (N-methyl/N-ethyl adjacent to an activating group) is 1. The zero-order valence-electron chi connectivity index (χ0n) is 16.3. The molecular formula is C22H32N4. The van der Waals surface area contributed by atoms with Crippen molar-refractivity contribution in [2.24, 2.45) is 0 Å². The smallest absolute Gasteiger partial charge is 0.0956 e. The van der Waals surface area contributed by atoms with Gasteiger partial charge in [0.1, 0.15) is 0 Å². The van der Waals surface area contributed by atoms with E-state index < -0.39 is 0 Å². The van der Waals surface area contributed by atoms with Gasteiger partial charge in [-0.15, -0.1) is 0 Å². The Morgan fingerprint density at radius 2 is 1.77 bits per heavy atom. The van der Waals surface area contributed by atoms with Crippen molar-refractivity contribution in [3.05, 3.63) is 54.5 Å². The number of hydrogen-bond acceptors (Lipinski definition) is 3. The number of nitrogens with zero attached hydrogens (tertiary/aromatic N) is 4. The lowest BCUT2D eigenvalue weighted by atomic mass is 10.1. The minimum absolute atomic E-state index is 1.02. The Bertz CT molecular complexity index is 681. The van der Waals surface area contributed by atoms with Gasteiger partial charge in [-0.05, 0) is 26.3 Å². The maximum absolute atomic E-state index is 4.77. The first-order chi connectivity index (χ1) is 12.8. The second kappa shape index (κ2) is 9.70. The minimum Gasteiger partial charge on any atom is -0.333 e. The maximum atomic E-state index is 4.77. The molecule has 0 saturated carbocycles. The fourth-order valence-electron chi connectivity index (χ4n) is 3.52. The molecule has 1 aromatic heterocycles. The lowest BCUT2D eigenvalue weighted by Gasteiger charge is -2.32. The van der Waals surface area contributed by atoms with E-state index in [9.17, 15) is 0 Å². The van der Waals surface area contributed by atoms with E-state index in [1.807, 2.05) is 6.33 Å². The lowest BCUT2D eigenvalue weighted by molar-refractivity contribution is 0.150. The molecule has 1 aliphatic heterocycles. The van der Waals surface area contributed by atoms with Crippen LogP contribution in [0.25, 0.3) is 11.3 Å². The average Bonchev–Trinajstić information content (AvgIpc) is 3.08. The molecule has 0 atom stereocenters. The topological polar surface area (TPSA) is 24.3 Å². The molecule has 0 spiro atoms. The fraction of sp³-hybridized carbons (Fsp3) is 0.500. The molecule has 3 rings (SSSR count). The van der Waals surface area contributed by atoms with E-state index in [0.29, 0.717) is 0 Å². The molecule has 0 bridgehead atoms. The van der Waals surface area contributed by atoms with Crippen LogP contribution in [0.15, 0.2) is 48.8 Å². The van der Waals surface area contributed by atoms with E-state index in [1.165, 1.54) is 37.4 Å². The zero-order chi connectivity index (χ0) is 18.2. The third-order valence-electron chi connectivity index (χ3n) is 5.20. The summed E-state index contributed by atoms with van der Waals surface area (Å²) in [5, 5.41) is 0. The van der Waals surface area contributed by atoms with E-state index in [1.54, 1.807) is 0 Å². The largest absolute Gasteiger partial charge is 0.333 e. The summed E-state index contributed by atoms with van der Waals surface area (Å²) >= 11 is 0. The second-order valence-corrected chi connectivity index (χ2v) is 7.16. The Labute approximate surface area is 158 Å². The Kier molecular flexibility index (Phi) is 7.04. The molecule has 1 aromatic carbocycles. The Morgan fingerprint density at radius 1 is 1.00 bits per heavy atom. The van der Waals surface area contributed by atoms with E-state index in [2.05, 4.69) is 70.8 Å². The van der Waals surface area contributed by atoms with Crippen LogP contribution in [0.2, 0.25) is 0 Å². The van der Waals surface area contributed by atoms with Gasteiger partial charge in [0.2, 0.25) is 0 Å². The quantitative estimate of drug-likeness (QED) is 0.677. The summed E-state index contributed by atoms with van der Waals surface area (Å²) in [4.78, 5) is 9.76. The molecule has 2 aromatic rings. The number of rotatable bonds is 8. The van der Waals surface area contributed by atoms with Crippen LogP contribution in [-0.2, 0) is 13.0 Å². The van der Waals surface area contributed by atoms with Crippen molar-refractivity contribution in [2.45, 2.75) is 32.7 Å². The molecule has 2 heterocycles. The van der Waals surface area contributed by atoms with Crippen molar-refractivity contribution in [1.29, 1.82) is 0 Å². The van der Waals surface area contributed by atoms with E-state index in [4.69, 9.17) is 4.98 Å². The molecule has 26 heavy (non-hydrogen) atoms. The number of benzene rings is 1. The third kappa shape index (κ3) is 5.05. The van der Waals surface area contributed by atoms with Crippen molar-refractivity contribution in [3.8, 4) is 11.3 Å². The van der Waals surface area contributed by atoms with Crippen molar-refractivity contribution < 1.29 is 0 Å². The molecule has 1 aliphatic rings. The van der Waals surface area contributed by atoms with Gasteiger partial charge in [-0.25, -0.2) is 4.98 Å². The summed E-state index contributed by atoms with van der Waals surface area (Å²) in [6.45, 7) is 9.01. The predicted molar refractivity (Wildman–Crippen MR) is 109 cm³/mol. The number of imidazole rings is 1. The first-order valence-electron chi connectivity index (χ1n) is 9.93. The Morgan fingerprint density at radius 3 is 2.50 bits per heavy atom. The number of hydrogen-bond donors (Lipinski definition) is 0. The van der Waals surface area contributed by atoms with Gasteiger partial charge in [-0.2, -0.15) is 0 Å². The van der Waals surface area contributed by atoms with Gasteiger partial charge in [0.25, 0.3) is 0 Å². The highest BCUT2D eigenvalue weighted by molar-refractivity contribution is 5.61. The van der Waals surface area contributed by atoms with Crippen molar-refractivity contribution in [3.63, 3.8) is 0 Å². The number of allylic oxidation sites excluding steroid dienone is 2. The molecule has 0 amide bonds. The average molecular weight is 353 g/mol. The molecule has 0 N–H and O–H groups in total.